The second-order valence-corrected chi connectivity index (χ2v) is 6.65. The van der Waals surface area contributed by atoms with Crippen LogP contribution in [0.4, 0.5) is 5.69 Å². The second-order valence-electron chi connectivity index (χ2n) is 5.80. The maximum absolute atomic E-state index is 13.1. The highest BCUT2D eigenvalue weighted by molar-refractivity contribution is 6.40. The van der Waals surface area contributed by atoms with Crippen molar-refractivity contribution in [1.29, 1.82) is 0 Å². The third kappa shape index (κ3) is 3.90. The number of fused-ring (bicyclic) bond motifs is 1. The van der Waals surface area contributed by atoms with Gasteiger partial charge in [0, 0.05) is 23.1 Å². The summed E-state index contributed by atoms with van der Waals surface area (Å²) < 4.78 is 5.20. The molecule has 0 aliphatic heterocycles. The Kier molecular flexibility index (Phi) is 5.65. The number of amides is 1. The van der Waals surface area contributed by atoms with Crippen LogP contribution in [0.3, 0.4) is 0 Å². The van der Waals surface area contributed by atoms with Gasteiger partial charge in [0.15, 0.2) is 0 Å². The van der Waals surface area contributed by atoms with Crippen LogP contribution in [0.1, 0.15) is 20.7 Å². The van der Waals surface area contributed by atoms with E-state index in [0.29, 0.717) is 32.1 Å². The molecule has 0 saturated heterocycles. The Balaban J connectivity index is 2.28. The number of carboxylic acid groups (broad SMARTS) is 1. The van der Waals surface area contributed by atoms with Crippen LogP contribution in [-0.4, -0.2) is 30.8 Å². The number of hydrogen-bond donors (Lipinski definition) is 1. The van der Waals surface area contributed by atoms with Gasteiger partial charge >= 0.3 is 5.97 Å². The molecule has 0 fully saturated rings. The number of carbonyl (C=O) groups excluding carboxylic acids is 1. The van der Waals surface area contributed by atoms with E-state index < -0.39 is 5.97 Å². The van der Waals surface area contributed by atoms with Crippen molar-refractivity contribution < 1.29 is 19.4 Å². The number of anilines is 1. The molecule has 0 radical (unpaired) electrons. The third-order valence-electron chi connectivity index (χ3n) is 4.01. The zero-order valence-electron chi connectivity index (χ0n) is 14.3. The molecule has 0 heterocycles. The van der Waals surface area contributed by atoms with Crippen LogP contribution in [0.5, 0.6) is 0 Å². The van der Waals surface area contributed by atoms with Crippen LogP contribution < -0.4 is 4.90 Å². The highest BCUT2D eigenvalue weighted by atomic mass is 35.5. The highest BCUT2D eigenvalue weighted by Crippen LogP contribution is 2.37. The second kappa shape index (κ2) is 7.96. The van der Waals surface area contributed by atoms with E-state index in [-0.39, 0.29) is 18.2 Å². The number of carbonyl (C=O) groups is 2. The van der Waals surface area contributed by atoms with Gasteiger partial charge < -0.3 is 9.84 Å². The summed E-state index contributed by atoms with van der Waals surface area (Å²) in [7, 11) is 1.45. The Morgan fingerprint density at radius 2 is 1.74 bits per heavy atom. The number of ether oxygens (including phenoxy) is 1. The van der Waals surface area contributed by atoms with Crippen molar-refractivity contribution in [2.75, 3.05) is 18.7 Å². The van der Waals surface area contributed by atoms with Crippen LogP contribution in [0.2, 0.25) is 10.0 Å². The smallest absolute Gasteiger partial charge is 0.335 e. The predicted octanol–water partition coefficient (Wildman–Crippen LogP) is 5.10. The van der Waals surface area contributed by atoms with E-state index in [4.69, 9.17) is 27.9 Å². The molecule has 0 aromatic heterocycles. The van der Waals surface area contributed by atoms with E-state index in [2.05, 4.69) is 0 Å². The largest absolute Gasteiger partial charge is 0.478 e. The summed E-state index contributed by atoms with van der Waals surface area (Å²) in [5.41, 5.74) is 0.786. The summed E-state index contributed by atoms with van der Waals surface area (Å²) >= 11 is 12.5. The molecule has 5 nitrogen and oxygen atoms in total. The van der Waals surface area contributed by atoms with Crippen molar-refractivity contribution in [3.63, 3.8) is 0 Å². The van der Waals surface area contributed by atoms with E-state index in [9.17, 15) is 14.7 Å². The van der Waals surface area contributed by atoms with Gasteiger partial charge in [-0.2, -0.15) is 0 Å². The maximum Gasteiger partial charge on any atom is 0.335 e. The number of carboxylic acids is 1. The van der Waals surface area contributed by atoms with Crippen LogP contribution in [0.15, 0.2) is 54.6 Å². The molecule has 0 aliphatic rings. The van der Waals surface area contributed by atoms with Gasteiger partial charge in [0.05, 0.1) is 16.3 Å². The van der Waals surface area contributed by atoms with E-state index >= 15 is 0 Å². The zero-order chi connectivity index (χ0) is 19.6. The average Bonchev–Trinajstić information content (AvgIpc) is 2.65. The molecule has 7 heteroatoms. The molecule has 0 bridgehead atoms. The van der Waals surface area contributed by atoms with Crippen LogP contribution in [0, 0.1) is 0 Å². The maximum atomic E-state index is 13.1. The lowest BCUT2D eigenvalue weighted by Crippen LogP contribution is -2.33. The van der Waals surface area contributed by atoms with Gasteiger partial charge in [-0.25, -0.2) is 4.79 Å². The molecule has 27 heavy (non-hydrogen) atoms. The van der Waals surface area contributed by atoms with E-state index in [1.54, 1.807) is 42.5 Å². The topological polar surface area (TPSA) is 66.8 Å². The molecule has 138 valence electrons. The molecule has 1 amide bonds. The zero-order valence-corrected chi connectivity index (χ0v) is 15.8. The predicted molar refractivity (Wildman–Crippen MR) is 106 cm³/mol. The molecule has 3 rings (SSSR count). The minimum atomic E-state index is -1.13. The fraction of sp³-hybridized carbons (Fsp3) is 0.100. The molecule has 0 aliphatic carbocycles. The summed E-state index contributed by atoms with van der Waals surface area (Å²) in [5.74, 6) is -1.47. The normalized spacial score (nSPS) is 10.8. The number of hydrogen-bond acceptors (Lipinski definition) is 3. The summed E-state index contributed by atoms with van der Waals surface area (Å²) in [4.78, 5) is 26.0. The van der Waals surface area contributed by atoms with Gasteiger partial charge in [0.25, 0.3) is 5.91 Å². The van der Waals surface area contributed by atoms with Crippen molar-refractivity contribution in [3.05, 3.63) is 75.8 Å². The van der Waals surface area contributed by atoms with Gasteiger partial charge in [0.2, 0.25) is 0 Å². The van der Waals surface area contributed by atoms with Crippen LogP contribution >= 0.6 is 23.2 Å². The fourth-order valence-corrected chi connectivity index (χ4v) is 3.45. The first-order valence-electron chi connectivity index (χ1n) is 7.94. The quantitative estimate of drug-likeness (QED) is 0.602. The van der Waals surface area contributed by atoms with Crippen molar-refractivity contribution in [1.82, 2.24) is 0 Å². The molecule has 0 saturated carbocycles. The van der Waals surface area contributed by atoms with E-state index in [1.807, 2.05) is 0 Å². The first kappa shape index (κ1) is 19.2. The van der Waals surface area contributed by atoms with Gasteiger partial charge in [-0.15, -0.1) is 0 Å². The van der Waals surface area contributed by atoms with Crippen molar-refractivity contribution in [3.8, 4) is 0 Å². The highest BCUT2D eigenvalue weighted by Gasteiger charge is 2.23. The van der Waals surface area contributed by atoms with Gasteiger partial charge in [-0.05, 0) is 41.8 Å². The summed E-state index contributed by atoms with van der Waals surface area (Å²) in [6.45, 7) is -0.0785. The minimum Gasteiger partial charge on any atom is -0.478 e. The molecular formula is C20H15Cl2NO4. The van der Waals surface area contributed by atoms with Gasteiger partial charge in [-0.3, -0.25) is 9.69 Å². The first-order chi connectivity index (χ1) is 12.9. The van der Waals surface area contributed by atoms with Crippen LogP contribution in [0.25, 0.3) is 10.8 Å². The SMILES string of the molecule is COCN(C(=O)c1ccccc1)c1cc(C(=O)O)cc2cc(Cl)cc(Cl)c12. The Morgan fingerprint density at radius 1 is 1.04 bits per heavy atom. The number of aromatic carboxylic acids is 1. The van der Waals surface area contributed by atoms with Crippen molar-refractivity contribution in [2.45, 2.75) is 0 Å². The first-order valence-corrected chi connectivity index (χ1v) is 8.70. The third-order valence-corrected chi connectivity index (χ3v) is 4.52. The monoisotopic (exact) mass is 403 g/mol. The molecular weight excluding hydrogens is 389 g/mol. The molecule has 3 aromatic carbocycles. The lowest BCUT2D eigenvalue weighted by atomic mass is 10.0. The molecule has 3 aromatic rings. The standard InChI is InChI=1S/C20H15Cl2NO4/c1-27-11-23(19(24)12-5-3-2-4-6-12)17-9-14(20(25)26)7-13-8-15(21)10-16(22)18(13)17/h2-10H,11H2,1H3,(H,25,26). The Morgan fingerprint density at radius 3 is 2.37 bits per heavy atom. The number of methoxy groups -OCH3 is 1. The molecule has 0 atom stereocenters. The Bertz CT molecular complexity index is 1020. The lowest BCUT2D eigenvalue weighted by molar-refractivity contribution is 0.0696. The molecule has 0 spiro atoms. The number of halogens is 2. The average molecular weight is 404 g/mol. The Labute approximate surface area is 165 Å². The number of benzene rings is 3. The summed E-state index contributed by atoms with van der Waals surface area (Å²) in [6.07, 6.45) is 0. The van der Waals surface area contributed by atoms with E-state index in [1.165, 1.54) is 24.1 Å². The van der Waals surface area contributed by atoms with Crippen molar-refractivity contribution >= 4 is 51.5 Å². The van der Waals surface area contributed by atoms with E-state index in [0.717, 1.165) is 0 Å². The Hall–Kier alpha value is -2.60. The van der Waals surface area contributed by atoms with Crippen molar-refractivity contribution in [2.24, 2.45) is 0 Å². The van der Waals surface area contributed by atoms with Crippen LogP contribution in [-0.2, 0) is 4.74 Å². The molecule has 1 N–H and O–H groups in total. The lowest BCUT2D eigenvalue weighted by Gasteiger charge is -2.24. The molecule has 0 unspecified atom stereocenters. The summed E-state index contributed by atoms with van der Waals surface area (Å²) in [5, 5.41) is 11.2. The summed E-state index contributed by atoms with van der Waals surface area (Å²) in [6, 6.07) is 14.7. The number of rotatable bonds is 5. The number of nitrogens with zero attached hydrogens (tertiary/aromatic N) is 1. The van der Waals surface area contributed by atoms with Gasteiger partial charge in [0.1, 0.15) is 6.73 Å². The minimum absolute atomic E-state index is 0.0119. The fourth-order valence-electron chi connectivity index (χ4n) is 2.85. The van der Waals surface area contributed by atoms with Gasteiger partial charge in [-0.1, -0.05) is 41.4 Å².